The molecule has 0 spiro atoms. The SMILES string of the molecule is CCCn1c(=O)c2c(cc(-c3cnn(Cc4cccc(C(F)(F)F)c4)c3)n2C(CC)OC(=O)OCCOCCOCCOC)n(CC)c1=O. The summed E-state index contributed by atoms with van der Waals surface area (Å²) >= 11 is 0. The first-order valence-electron chi connectivity index (χ1n) is 16.1. The van der Waals surface area contributed by atoms with E-state index in [9.17, 15) is 27.6 Å². The van der Waals surface area contributed by atoms with Crippen molar-refractivity contribution in [3.63, 3.8) is 0 Å². The summed E-state index contributed by atoms with van der Waals surface area (Å²) < 4.78 is 72.2. The minimum atomic E-state index is -4.49. The van der Waals surface area contributed by atoms with Gasteiger partial charge in [0.2, 0.25) is 0 Å². The molecule has 268 valence electrons. The number of alkyl halides is 3. The van der Waals surface area contributed by atoms with Crippen molar-refractivity contribution in [1.82, 2.24) is 23.5 Å². The van der Waals surface area contributed by atoms with Gasteiger partial charge in [0.1, 0.15) is 12.1 Å². The van der Waals surface area contributed by atoms with Gasteiger partial charge in [-0.25, -0.2) is 9.59 Å². The second-order valence-corrected chi connectivity index (χ2v) is 11.0. The van der Waals surface area contributed by atoms with Crippen molar-refractivity contribution < 1.29 is 41.7 Å². The lowest BCUT2D eigenvalue weighted by Gasteiger charge is -2.21. The summed E-state index contributed by atoms with van der Waals surface area (Å²) in [4.78, 5) is 40.1. The van der Waals surface area contributed by atoms with E-state index in [1.54, 1.807) is 43.9 Å². The lowest BCUT2D eigenvalue weighted by Crippen LogP contribution is -2.40. The van der Waals surface area contributed by atoms with Crippen LogP contribution in [0.2, 0.25) is 0 Å². The molecule has 0 saturated heterocycles. The van der Waals surface area contributed by atoms with E-state index in [0.29, 0.717) is 55.2 Å². The molecule has 0 saturated carbocycles. The number of ether oxygens (including phenoxy) is 5. The zero-order valence-corrected chi connectivity index (χ0v) is 28.0. The largest absolute Gasteiger partial charge is 0.510 e. The van der Waals surface area contributed by atoms with Crippen molar-refractivity contribution in [2.24, 2.45) is 0 Å². The summed E-state index contributed by atoms with van der Waals surface area (Å²) in [5, 5.41) is 4.36. The Kier molecular flexibility index (Phi) is 13.2. The minimum absolute atomic E-state index is 0.0362. The maximum absolute atomic E-state index is 13.9. The van der Waals surface area contributed by atoms with E-state index >= 15 is 0 Å². The highest BCUT2D eigenvalue weighted by atomic mass is 19.4. The molecule has 0 fully saturated rings. The number of nitrogens with zero attached hydrogens (tertiary/aromatic N) is 5. The van der Waals surface area contributed by atoms with Gasteiger partial charge < -0.3 is 23.7 Å². The first-order chi connectivity index (χ1) is 23.5. The fourth-order valence-corrected chi connectivity index (χ4v) is 5.37. The average molecular weight is 694 g/mol. The van der Waals surface area contributed by atoms with Crippen LogP contribution in [0, 0.1) is 0 Å². The molecule has 0 aliphatic carbocycles. The number of methoxy groups -OCH3 is 1. The van der Waals surface area contributed by atoms with Crippen LogP contribution in [-0.4, -0.2) is 76.4 Å². The average Bonchev–Trinajstić information content (AvgIpc) is 3.70. The number of aromatic nitrogens is 5. The Hall–Kier alpha value is -4.41. The molecule has 16 heteroatoms. The van der Waals surface area contributed by atoms with Crippen LogP contribution in [0.25, 0.3) is 22.3 Å². The van der Waals surface area contributed by atoms with Gasteiger partial charge in [0.05, 0.1) is 62.6 Å². The molecular formula is C33H42F3N5O8. The molecule has 1 unspecified atom stereocenters. The summed E-state index contributed by atoms with van der Waals surface area (Å²) in [5.41, 5.74) is -0.0342. The number of rotatable bonds is 18. The molecule has 0 bridgehead atoms. The maximum atomic E-state index is 13.9. The third-order valence-electron chi connectivity index (χ3n) is 7.63. The van der Waals surface area contributed by atoms with E-state index in [-0.39, 0.29) is 44.8 Å². The van der Waals surface area contributed by atoms with E-state index in [1.165, 1.54) is 21.5 Å². The van der Waals surface area contributed by atoms with Crippen molar-refractivity contribution in [2.45, 2.75) is 65.7 Å². The Bertz CT molecular complexity index is 1810. The number of halogens is 3. The second-order valence-electron chi connectivity index (χ2n) is 11.0. The molecule has 4 aromatic rings. The Morgan fingerprint density at radius 1 is 0.959 bits per heavy atom. The Morgan fingerprint density at radius 2 is 1.67 bits per heavy atom. The molecule has 0 aliphatic rings. The van der Waals surface area contributed by atoms with E-state index in [4.69, 9.17) is 23.7 Å². The maximum Gasteiger partial charge on any atom is 0.510 e. The van der Waals surface area contributed by atoms with Crippen LogP contribution >= 0.6 is 0 Å². The molecule has 4 rings (SSSR count). The molecule has 0 aliphatic heterocycles. The van der Waals surface area contributed by atoms with Crippen molar-refractivity contribution in [1.29, 1.82) is 0 Å². The van der Waals surface area contributed by atoms with E-state index in [2.05, 4.69) is 5.10 Å². The molecule has 3 aromatic heterocycles. The zero-order chi connectivity index (χ0) is 35.6. The summed E-state index contributed by atoms with van der Waals surface area (Å²) in [6.07, 6.45) is -2.65. The van der Waals surface area contributed by atoms with Gasteiger partial charge in [-0.3, -0.25) is 23.2 Å². The van der Waals surface area contributed by atoms with Gasteiger partial charge in [-0.1, -0.05) is 26.0 Å². The highest BCUT2D eigenvalue weighted by molar-refractivity contribution is 5.84. The second kappa shape index (κ2) is 17.3. The standard InChI is InChI=1S/C33H42F3N5O8/c1-5-11-40-30(42)29-27(39(7-3)31(40)43)19-26(24-20-37-38(22-24)21-23-9-8-10-25(18-23)33(34,35)36)41(29)28(6-2)49-32(44)48-17-16-47-15-14-46-13-12-45-4/h8-10,18-20,22,28H,5-7,11-17,21H2,1-4H3. The summed E-state index contributed by atoms with van der Waals surface area (Å²) in [6, 6.07) is 6.61. The van der Waals surface area contributed by atoms with Gasteiger partial charge in [0, 0.05) is 38.4 Å². The molecule has 13 nitrogen and oxygen atoms in total. The predicted octanol–water partition coefficient (Wildman–Crippen LogP) is 5.07. The first-order valence-corrected chi connectivity index (χ1v) is 16.1. The topological polar surface area (TPSA) is 130 Å². The van der Waals surface area contributed by atoms with Crippen LogP contribution in [0.15, 0.2) is 52.3 Å². The zero-order valence-electron chi connectivity index (χ0n) is 28.0. The number of fused-ring (bicyclic) bond motifs is 1. The summed E-state index contributed by atoms with van der Waals surface area (Å²) in [7, 11) is 1.58. The molecule has 49 heavy (non-hydrogen) atoms. The number of aryl methyl sites for hydroxylation is 1. The molecule has 3 heterocycles. The lowest BCUT2D eigenvalue weighted by molar-refractivity contribution is -0.137. The Balaban J connectivity index is 1.66. The van der Waals surface area contributed by atoms with Crippen LogP contribution in [0.1, 0.15) is 51.0 Å². The summed E-state index contributed by atoms with van der Waals surface area (Å²) in [5.74, 6) is 0. The third-order valence-corrected chi connectivity index (χ3v) is 7.63. The third kappa shape index (κ3) is 9.19. The normalized spacial score (nSPS) is 12.5. The van der Waals surface area contributed by atoms with Gasteiger partial charge >= 0.3 is 18.0 Å². The highest BCUT2D eigenvalue weighted by Crippen LogP contribution is 2.33. The molecule has 1 aromatic carbocycles. The lowest BCUT2D eigenvalue weighted by atomic mass is 10.1. The number of hydrogen-bond donors (Lipinski definition) is 0. The fourth-order valence-electron chi connectivity index (χ4n) is 5.37. The van der Waals surface area contributed by atoms with Gasteiger partial charge in [0.25, 0.3) is 5.56 Å². The molecule has 0 amide bonds. The van der Waals surface area contributed by atoms with Gasteiger partial charge in [-0.15, -0.1) is 0 Å². The molecule has 0 radical (unpaired) electrons. The quantitative estimate of drug-likeness (QED) is 0.104. The summed E-state index contributed by atoms with van der Waals surface area (Å²) in [6.45, 7) is 7.43. The minimum Gasteiger partial charge on any atom is -0.432 e. The smallest absolute Gasteiger partial charge is 0.432 e. The monoisotopic (exact) mass is 693 g/mol. The van der Waals surface area contributed by atoms with Crippen molar-refractivity contribution in [2.75, 3.05) is 46.8 Å². The van der Waals surface area contributed by atoms with Gasteiger partial charge in [0.15, 0.2) is 6.23 Å². The number of hydrogen-bond acceptors (Lipinski definition) is 9. The molecule has 1 atom stereocenters. The van der Waals surface area contributed by atoms with E-state index < -0.39 is 35.4 Å². The molecule has 0 N–H and O–H groups in total. The fraction of sp³-hybridized carbons (Fsp3) is 0.515. The van der Waals surface area contributed by atoms with Crippen LogP contribution in [0.3, 0.4) is 0 Å². The van der Waals surface area contributed by atoms with Crippen molar-refractivity contribution in [3.8, 4) is 11.3 Å². The van der Waals surface area contributed by atoms with Crippen LogP contribution in [0.4, 0.5) is 18.0 Å². The Labute approximate surface area is 280 Å². The van der Waals surface area contributed by atoms with E-state index in [1.807, 2.05) is 6.92 Å². The highest BCUT2D eigenvalue weighted by Gasteiger charge is 2.31. The van der Waals surface area contributed by atoms with Crippen LogP contribution in [0.5, 0.6) is 0 Å². The first kappa shape index (κ1) is 37.4. The Morgan fingerprint density at radius 3 is 2.33 bits per heavy atom. The van der Waals surface area contributed by atoms with Crippen molar-refractivity contribution >= 4 is 17.2 Å². The molecular weight excluding hydrogens is 651 g/mol. The van der Waals surface area contributed by atoms with Gasteiger partial charge in [-0.2, -0.15) is 18.3 Å². The van der Waals surface area contributed by atoms with Crippen molar-refractivity contribution in [3.05, 3.63) is 74.7 Å². The number of benzene rings is 1. The van der Waals surface area contributed by atoms with Crippen LogP contribution in [-0.2, 0) is 49.5 Å². The number of carbonyl (C=O) groups is 1. The number of carbonyl (C=O) groups excluding carboxylic acids is 1. The predicted molar refractivity (Wildman–Crippen MR) is 173 cm³/mol. The van der Waals surface area contributed by atoms with Crippen LogP contribution < -0.4 is 11.2 Å². The van der Waals surface area contributed by atoms with E-state index in [0.717, 1.165) is 16.7 Å². The van der Waals surface area contributed by atoms with Gasteiger partial charge in [-0.05, 0) is 37.1 Å².